The van der Waals surface area contributed by atoms with Crippen LogP contribution in [0.1, 0.15) is 0 Å². The molecule has 0 unspecified atom stereocenters. The third-order valence-electron chi connectivity index (χ3n) is 1.36. The van der Waals surface area contributed by atoms with Gasteiger partial charge in [0.2, 0.25) is 5.82 Å². The number of nitro benzene ring substituents is 1. The molecule has 0 aliphatic rings. The fourth-order valence-electron chi connectivity index (χ4n) is 0.827. The Bertz CT molecular complexity index is 359. The zero-order valence-electron chi connectivity index (χ0n) is 6.62. The van der Waals surface area contributed by atoms with E-state index in [1.54, 1.807) is 0 Å². The van der Waals surface area contributed by atoms with E-state index in [0.29, 0.717) is 0 Å². The van der Waals surface area contributed by atoms with Gasteiger partial charge in [-0.1, -0.05) is 17.8 Å². The van der Waals surface area contributed by atoms with E-state index in [0.717, 1.165) is 18.2 Å². The van der Waals surface area contributed by atoms with Crippen molar-refractivity contribution in [2.75, 3.05) is 0 Å². The SMILES string of the molecule is O=[N+]([O-])c1cccc(SC(F)F)c1F. The summed E-state index contributed by atoms with van der Waals surface area (Å²) < 4.78 is 36.8. The quantitative estimate of drug-likeness (QED) is 0.449. The molecule has 0 bridgehead atoms. The highest BCUT2D eigenvalue weighted by atomic mass is 32.2. The molecule has 0 saturated heterocycles. The first-order chi connectivity index (χ1) is 6.52. The fourth-order valence-corrected chi connectivity index (χ4v) is 1.38. The van der Waals surface area contributed by atoms with Crippen LogP contribution in [-0.2, 0) is 0 Å². The van der Waals surface area contributed by atoms with Gasteiger partial charge in [0, 0.05) is 6.07 Å². The van der Waals surface area contributed by atoms with Crippen LogP contribution in [0.5, 0.6) is 0 Å². The van der Waals surface area contributed by atoms with Crippen LogP contribution in [0.15, 0.2) is 23.1 Å². The molecular formula is C7H4F3NO2S. The van der Waals surface area contributed by atoms with E-state index in [1.807, 2.05) is 0 Å². The number of hydrogen-bond donors (Lipinski definition) is 0. The number of benzene rings is 1. The van der Waals surface area contributed by atoms with Gasteiger partial charge in [-0.25, -0.2) is 0 Å². The zero-order chi connectivity index (χ0) is 10.7. The Morgan fingerprint density at radius 3 is 2.57 bits per heavy atom. The molecule has 0 amide bonds. The number of hydrogen-bond acceptors (Lipinski definition) is 3. The van der Waals surface area contributed by atoms with Gasteiger partial charge in [-0.2, -0.15) is 13.2 Å². The maximum absolute atomic E-state index is 13.1. The molecule has 1 rings (SSSR count). The molecule has 0 heterocycles. The van der Waals surface area contributed by atoms with E-state index in [1.165, 1.54) is 0 Å². The molecule has 0 radical (unpaired) electrons. The molecule has 0 fully saturated rings. The summed E-state index contributed by atoms with van der Waals surface area (Å²) in [5.74, 6) is -4.02. The Kier molecular flexibility index (Phi) is 3.34. The second-order valence-electron chi connectivity index (χ2n) is 2.22. The Labute approximate surface area is 81.1 Å². The monoisotopic (exact) mass is 223 g/mol. The zero-order valence-corrected chi connectivity index (χ0v) is 7.43. The van der Waals surface area contributed by atoms with E-state index in [2.05, 4.69) is 0 Å². The molecule has 1 aromatic carbocycles. The lowest BCUT2D eigenvalue weighted by Crippen LogP contribution is -1.94. The summed E-state index contributed by atoms with van der Waals surface area (Å²) in [6, 6.07) is 3.15. The normalized spacial score (nSPS) is 10.6. The second-order valence-corrected chi connectivity index (χ2v) is 3.26. The highest BCUT2D eigenvalue weighted by molar-refractivity contribution is 7.99. The van der Waals surface area contributed by atoms with E-state index in [4.69, 9.17) is 0 Å². The fraction of sp³-hybridized carbons (Fsp3) is 0.143. The number of halogens is 3. The van der Waals surface area contributed by atoms with E-state index in [9.17, 15) is 23.3 Å². The smallest absolute Gasteiger partial charge is 0.258 e. The van der Waals surface area contributed by atoms with Gasteiger partial charge in [-0.05, 0) is 6.07 Å². The molecule has 1 aromatic rings. The van der Waals surface area contributed by atoms with Crippen LogP contribution in [0, 0.1) is 15.9 Å². The lowest BCUT2D eigenvalue weighted by atomic mass is 10.3. The molecule has 0 atom stereocenters. The maximum Gasteiger partial charge on any atom is 0.305 e. The maximum atomic E-state index is 13.1. The van der Waals surface area contributed by atoms with Crippen molar-refractivity contribution in [1.29, 1.82) is 0 Å². The Morgan fingerprint density at radius 2 is 2.07 bits per heavy atom. The molecule has 0 aliphatic heterocycles. The summed E-state index contributed by atoms with van der Waals surface area (Å²) in [7, 11) is 0. The van der Waals surface area contributed by atoms with Gasteiger partial charge in [0.15, 0.2) is 0 Å². The van der Waals surface area contributed by atoms with Crippen LogP contribution in [-0.4, -0.2) is 10.7 Å². The number of nitrogens with zero attached hydrogens (tertiary/aromatic N) is 1. The van der Waals surface area contributed by atoms with Crippen LogP contribution in [0.4, 0.5) is 18.9 Å². The minimum Gasteiger partial charge on any atom is -0.258 e. The predicted octanol–water partition coefficient (Wildman–Crippen LogP) is 3.05. The van der Waals surface area contributed by atoms with Gasteiger partial charge in [0.1, 0.15) is 0 Å². The van der Waals surface area contributed by atoms with Crippen molar-refractivity contribution in [3.8, 4) is 0 Å². The Hall–Kier alpha value is -1.24. The third-order valence-corrected chi connectivity index (χ3v) is 2.10. The molecule has 0 saturated carbocycles. The minimum atomic E-state index is -2.80. The number of nitro groups is 1. The molecule has 3 nitrogen and oxygen atoms in total. The predicted molar refractivity (Wildman–Crippen MR) is 44.9 cm³/mol. The summed E-state index contributed by atoms with van der Waals surface area (Å²) >= 11 is -0.0562. The van der Waals surface area contributed by atoms with Crippen LogP contribution >= 0.6 is 11.8 Å². The first kappa shape index (κ1) is 10.8. The lowest BCUT2D eigenvalue weighted by molar-refractivity contribution is -0.387. The van der Waals surface area contributed by atoms with Crippen LogP contribution in [0.2, 0.25) is 0 Å². The minimum absolute atomic E-state index is 0.0562. The molecule has 76 valence electrons. The number of thioether (sulfide) groups is 1. The Morgan fingerprint density at radius 1 is 1.43 bits per heavy atom. The summed E-state index contributed by atoms with van der Waals surface area (Å²) in [6.07, 6.45) is 0. The second kappa shape index (κ2) is 4.32. The van der Waals surface area contributed by atoms with Crippen molar-refractivity contribution in [3.63, 3.8) is 0 Å². The third kappa shape index (κ3) is 2.38. The van der Waals surface area contributed by atoms with Crippen molar-refractivity contribution in [1.82, 2.24) is 0 Å². The average molecular weight is 223 g/mol. The van der Waals surface area contributed by atoms with Gasteiger partial charge in [-0.3, -0.25) is 10.1 Å². The summed E-state index contributed by atoms with van der Waals surface area (Å²) in [6.45, 7) is 0. The van der Waals surface area contributed by atoms with Crippen molar-refractivity contribution in [3.05, 3.63) is 34.1 Å². The van der Waals surface area contributed by atoms with E-state index in [-0.39, 0.29) is 11.8 Å². The molecule has 0 aromatic heterocycles. The van der Waals surface area contributed by atoms with Gasteiger partial charge in [0.25, 0.3) is 5.76 Å². The van der Waals surface area contributed by atoms with Crippen molar-refractivity contribution in [2.24, 2.45) is 0 Å². The van der Waals surface area contributed by atoms with Crippen molar-refractivity contribution < 1.29 is 18.1 Å². The van der Waals surface area contributed by atoms with Crippen LogP contribution in [0.3, 0.4) is 0 Å². The van der Waals surface area contributed by atoms with Crippen LogP contribution in [0.25, 0.3) is 0 Å². The average Bonchev–Trinajstić information content (AvgIpc) is 2.07. The number of rotatable bonds is 3. The van der Waals surface area contributed by atoms with Gasteiger partial charge < -0.3 is 0 Å². The molecule has 0 N–H and O–H groups in total. The lowest BCUT2D eigenvalue weighted by Gasteiger charge is -2.01. The topological polar surface area (TPSA) is 43.1 Å². The highest BCUT2D eigenvalue weighted by Crippen LogP contribution is 2.31. The molecule has 0 aliphatic carbocycles. The number of alkyl halides is 2. The Balaban J connectivity index is 3.07. The van der Waals surface area contributed by atoms with E-state index >= 15 is 0 Å². The standard InChI is InChI=1S/C7H4F3NO2S/c8-6-4(11(12)13)2-1-3-5(6)14-7(9)10/h1-3,7H. The largest absolute Gasteiger partial charge is 0.305 e. The summed E-state index contributed by atoms with van der Waals surface area (Å²) in [5.41, 5.74) is -0.796. The molecule has 0 spiro atoms. The van der Waals surface area contributed by atoms with E-state index < -0.39 is 27.1 Å². The highest BCUT2D eigenvalue weighted by Gasteiger charge is 2.19. The molecule has 7 heteroatoms. The van der Waals surface area contributed by atoms with Crippen LogP contribution < -0.4 is 0 Å². The van der Waals surface area contributed by atoms with Crippen molar-refractivity contribution >= 4 is 17.4 Å². The van der Waals surface area contributed by atoms with Crippen molar-refractivity contribution in [2.45, 2.75) is 10.7 Å². The van der Waals surface area contributed by atoms with Gasteiger partial charge in [-0.15, -0.1) is 0 Å². The summed E-state index contributed by atoms with van der Waals surface area (Å²) in [5, 5.41) is 10.2. The first-order valence-corrected chi connectivity index (χ1v) is 4.28. The molecule has 14 heavy (non-hydrogen) atoms. The summed E-state index contributed by atoms with van der Waals surface area (Å²) in [4.78, 5) is 8.85. The first-order valence-electron chi connectivity index (χ1n) is 3.40. The van der Waals surface area contributed by atoms with Gasteiger partial charge >= 0.3 is 5.69 Å². The molecular weight excluding hydrogens is 219 g/mol. The van der Waals surface area contributed by atoms with Gasteiger partial charge in [0.05, 0.1) is 9.82 Å².